The smallest absolute Gasteiger partial charge is 0.142 e. The highest BCUT2D eigenvalue weighted by Crippen LogP contribution is 2.18. The fourth-order valence-corrected chi connectivity index (χ4v) is 3.45. The second-order valence-corrected chi connectivity index (χ2v) is 7.50. The van der Waals surface area contributed by atoms with Gasteiger partial charge in [0.1, 0.15) is 13.1 Å². The van der Waals surface area contributed by atoms with E-state index in [0.29, 0.717) is 0 Å². The summed E-state index contributed by atoms with van der Waals surface area (Å²) in [4.78, 5) is 0. The van der Waals surface area contributed by atoms with Crippen LogP contribution in [0.5, 0.6) is 0 Å². The Labute approximate surface area is 175 Å². The van der Waals surface area contributed by atoms with Gasteiger partial charge < -0.3 is 21.5 Å². The molecular formula is C25H28BrN. The number of rotatable bonds is 2. The number of piperidine rings is 1. The first kappa shape index (κ1) is 21.3. The first-order valence-corrected chi connectivity index (χ1v) is 9.61. The van der Waals surface area contributed by atoms with Crippen LogP contribution in [0.1, 0.15) is 41.5 Å². The summed E-state index contributed by atoms with van der Waals surface area (Å²) in [7, 11) is 0. The van der Waals surface area contributed by atoms with Crippen LogP contribution in [0.15, 0.2) is 48.5 Å². The topological polar surface area (TPSA) is 0 Å². The maximum Gasteiger partial charge on any atom is 0.142 e. The third-order valence-electron chi connectivity index (χ3n) is 5.16. The zero-order valence-electron chi connectivity index (χ0n) is 16.4. The van der Waals surface area contributed by atoms with Crippen LogP contribution in [0.25, 0.3) is 0 Å². The molecule has 0 saturated carbocycles. The number of halogens is 1. The Balaban J connectivity index is 0.00000261. The first-order valence-electron chi connectivity index (χ1n) is 9.61. The summed E-state index contributed by atoms with van der Waals surface area (Å²) < 4.78 is 1.03. The molecule has 3 rings (SSSR count). The van der Waals surface area contributed by atoms with Gasteiger partial charge >= 0.3 is 0 Å². The number of hydrogen-bond donors (Lipinski definition) is 0. The van der Waals surface area contributed by atoms with Crippen molar-refractivity contribution in [2.75, 3.05) is 26.2 Å². The lowest BCUT2D eigenvalue weighted by Gasteiger charge is -2.38. The highest BCUT2D eigenvalue weighted by Gasteiger charge is 2.27. The van der Waals surface area contributed by atoms with Crippen LogP contribution in [0.3, 0.4) is 0 Å². The highest BCUT2D eigenvalue weighted by atomic mass is 79.9. The van der Waals surface area contributed by atoms with Gasteiger partial charge in [0.25, 0.3) is 0 Å². The minimum absolute atomic E-state index is 0. The van der Waals surface area contributed by atoms with Crippen LogP contribution < -0.4 is 17.0 Å². The van der Waals surface area contributed by atoms with Crippen LogP contribution in [0, 0.1) is 37.5 Å². The van der Waals surface area contributed by atoms with Crippen molar-refractivity contribution in [2.45, 2.75) is 33.1 Å². The van der Waals surface area contributed by atoms with Gasteiger partial charge in [-0.15, -0.1) is 0 Å². The van der Waals surface area contributed by atoms with Crippen molar-refractivity contribution in [3.05, 3.63) is 70.8 Å². The molecule has 0 unspecified atom stereocenters. The molecule has 0 aliphatic carbocycles. The molecule has 1 aliphatic heterocycles. The van der Waals surface area contributed by atoms with Crippen LogP contribution in [0.2, 0.25) is 0 Å². The molecule has 0 amide bonds. The molecule has 0 aromatic heterocycles. The normalized spacial score (nSPS) is 14.7. The molecule has 1 heterocycles. The Morgan fingerprint density at radius 3 is 1.48 bits per heavy atom. The summed E-state index contributed by atoms with van der Waals surface area (Å²) in [6.07, 6.45) is 3.92. The van der Waals surface area contributed by atoms with Crippen LogP contribution >= 0.6 is 0 Å². The summed E-state index contributed by atoms with van der Waals surface area (Å²) in [5, 5.41) is 0. The van der Waals surface area contributed by atoms with E-state index in [-0.39, 0.29) is 17.0 Å². The van der Waals surface area contributed by atoms with E-state index in [2.05, 4.69) is 86.1 Å². The van der Waals surface area contributed by atoms with E-state index in [1.54, 1.807) is 0 Å². The summed E-state index contributed by atoms with van der Waals surface area (Å²) in [5.74, 6) is 13.6. The molecule has 0 spiro atoms. The molecule has 0 bridgehead atoms. The Morgan fingerprint density at radius 1 is 0.667 bits per heavy atom. The third-order valence-corrected chi connectivity index (χ3v) is 5.16. The van der Waals surface area contributed by atoms with Crippen LogP contribution in [0.4, 0.5) is 0 Å². The fourth-order valence-electron chi connectivity index (χ4n) is 3.45. The molecule has 0 atom stereocenters. The van der Waals surface area contributed by atoms with Gasteiger partial charge in [-0.3, -0.25) is 0 Å². The Bertz CT molecular complexity index is 768. The lowest BCUT2D eigenvalue weighted by Crippen LogP contribution is -3.00. The van der Waals surface area contributed by atoms with Crippen molar-refractivity contribution in [1.82, 2.24) is 0 Å². The highest BCUT2D eigenvalue weighted by molar-refractivity contribution is 5.36. The summed E-state index contributed by atoms with van der Waals surface area (Å²) in [6, 6.07) is 17.0. The molecule has 1 saturated heterocycles. The monoisotopic (exact) mass is 421 g/mol. The van der Waals surface area contributed by atoms with Crippen molar-refractivity contribution in [2.24, 2.45) is 0 Å². The van der Waals surface area contributed by atoms with E-state index in [0.717, 1.165) is 28.7 Å². The van der Waals surface area contributed by atoms with Gasteiger partial charge in [-0.2, -0.15) is 0 Å². The van der Waals surface area contributed by atoms with Crippen molar-refractivity contribution < 1.29 is 21.5 Å². The van der Waals surface area contributed by atoms with Crippen molar-refractivity contribution >= 4 is 0 Å². The van der Waals surface area contributed by atoms with Gasteiger partial charge in [0.15, 0.2) is 0 Å². The van der Waals surface area contributed by atoms with Gasteiger partial charge in [-0.25, -0.2) is 0 Å². The molecule has 1 nitrogen and oxygen atoms in total. The quantitative estimate of drug-likeness (QED) is 0.511. The Kier molecular flexibility index (Phi) is 8.18. The molecule has 2 heteroatoms. The lowest BCUT2D eigenvalue weighted by molar-refractivity contribution is -0.919. The van der Waals surface area contributed by atoms with E-state index in [1.807, 2.05) is 0 Å². The standard InChI is InChI=1S/C25H28N.BrH/c1-22-10-14-24(15-11-22)8-6-20-26(18-4-3-5-19-26)21-7-9-25-16-12-23(2)13-17-25;/h10-17H,3-5,18-21H2,1-2H3;1H/q+1;/p-1. The molecule has 2 aromatic carbocycles. The molecule has 140 valence electrons. The average Bonchev–Trinajstić information content (AvgIpc) is 2.66. The van der Waals surface area contributed by atoms with E-state index < -0.39 is 0 Å². The van der Waals surface area contributed by atoms with E-state index >= 15 is 0 Å². The second kappa shape index (κ2) is 10.4. The Morgan fingerprint density at radius 2 is 1.07 bits per heavy atom. The lowest BCUT2D eigenvalue weighted by atomic mass is 10.1. The Hall–Kier alpha value is -2.00. The first-order chi connectivity index (χ1) is 12.7. The average molecular weight is 422 g/mol. The van der Waals surface area contributed by atoms with Gasteiger partial charge in [0, 0.05) is 11.1 Å². The molecule has 1 aliphatic rings. The van der Waals surface area contributed by atoms with E-state index in [4.69, 9.17) is 0 Å². The van der Waals surface area contributed by atoms with Crippen molar-refractivity contribution in [3.63, 3.8) is 0 Å². The van der Waals surface area contributed by atoms with Crippen LogP contribution in [-0.2, 0) is 0 Å². The molecule has 0 N–H and O–H groups in total. The summed E-state index contributed by atoms with van der Waals surface area (Å²) in [5.41, 5.74) is 4.77. The summed E-state index contributed by atoms with van der Waals surface area (Å²) >= 11 is 0. The largest absolute Gasteiger partial charge is 1.00 e. The van der Waals surface area contributed by atoms with Gasteiger partial charge in [0.05, 0.1) is 13.1 Å². The minimum Gasteiger partial charge on any atom is -1.00 e. The number of nitrogens with zero attached hydrogens (tertiary/aromatic N) is 1. The maximum absolute atomic E-state index is 3.44. The molecule has 0 radical (unpaired) electrons. The zero-order chi connectivity index (χ0) is 18.2. The predicted octanol–water partition coefficient (Wildman–Crippen LogP) is 1.71. The van der Waals surface area contributed by atoms with Crippen LogP contribution in [-0.4, -0.2) is 30.7 Å². The maximum atomic E-state index is 3.44. The molecule has 2 aromatic rings. The number of benzene rings is 2. The van der Waals surface area contributed by atoms with E-state index in [9.17, 15) is 0 Å². The molecule has 27 heavy (non-hydrogen) atoms. The molecular weight excluding hydrogens is 394 g/mol. The SMILES string of the molecule is Cc1ccc(C#CC[N+]2(CC#Cc3ccc(C)cc3)CCCCC2)cc1.[Br-]. The van der Waals surface area contributed by atoms with E-state index in [1.165, 1.54) is 43.5 Å². The van der Waals surface area contributed by atoms with Crippen molar-refractivity contribution in [3.8, 4) is 23.7 Å². The number of likely N-dealkylation sites (tertiary alicyclic amines) is 1. The van der Waals surface area contributed by atoms with Gasteiger partial charge in [-0.05, 0) is 69.2 Å². The van der Waals surface area contributed by atoms with Gasteiger partial charge in [0.2, 0.25) is 0 Å². The number of aryl methyl sites for hydroxylation is 2. The summed E-state index contributed by atoms with van der Waals surface area (Å²) in [6.45, 7) is 8.42. The predicted molar refractivity (Wildman–Crippen MR) is 110 cm³/mol. The molecule has 1 fully saturated rings. The van der Waals surface area contributed by atoms with Gasteiger partial charge in [-0.1, -0.05) is 47.2 Å². The van der Waals surface area contributed by atoms with Crippen molar-refractivity contribution in [1.29, 1.82) is 0 Å². The number of quaternary nitrogens is 1. The second-order valence-electron chi connectivity index (χ2n) is 7.50. The number of hydrogen-bond acceptors (Lipinski definition) is 0. The zero-order valence-corrected chi connectivity index (χ0v) is 18.0. The third kappa shape index (κ3) is 6.59. The fraction of sp³-hybridized carbons (Fsp3) is 0.360. The minimum atomic E-state index is 0.